The summed E-state index contributed by atoms with van der Waals surface area (Å²) in [6.07, 6.45) is 5.01. The molecule has 17 heavy (non-hydrogen) atoms. The van der Waals surface area contributed by atoms with Gasteiger partial charge in [0.15, 0.2) is 0 Å². The number of hydrogen-bond donors (Lipinski definition) is 1. The molecule has 1 fully saturated rings. The fourth-order valence-electron chi connectivity index (χ4n) is 1.81. The number of carbonyl (C=O) groups excluding carboxylic acids is 1. The number of rotatable bonds is 4. The maximum Gasteiger partial charge on any atom is 0.223 e. The number of benzene rings is 1. The summed E-state index contributed by atoms with van der Waals surface area (Å²) in [7, 11) is 0. The van der Waals surface area contributed by atoms with Gasteiger partial charge in [-0.05, 0) is 12.0 Å². The highest BCUT2D eigenvalue weighted by atomic mass is 16.3. The molecule has 2 rings (SSSR count). The average Bonchev–Trinajstić information content (AvgIpc) is 2.32. The maximum atomic E-state index is 11.6. The van der Waals surface area contributed by atoms with Crippen LogP contribution in [0.3, 0.4) is 0 Å². The summed E-state index contributed by atoms with van der Waals surface area (Å²) in [5.41, 5.74) is 1.15. The summed E-state index contributed by atoms with van der Waals surface area (Å²) < 4.78 is 0. The zero-order chi connectivity index (χ0) is 12.1. The molecule has 0 radical (unpaired) electrons. The van der Waals surface area contributed by atoms with Crippen molar-refractivity contribution in [3.63, 3.8) is 0 Å². The third-order valence-electron chi connectivity index (χ3n) is 2.85. The van der Waals surface area contributed by atoms with Gasteiger partial charge in [-0.15, -0.1) is 0 Å². The van der Waals surface area contributed by atoms with E-state index >= 15 is 0 Å². The van der Waals surface area contributed by atoms with Gasteiger partial charge in [0.25, 0.3) is 0 Å². The molecule has 1 aliphatic heterocycles. The van der Waals surface area contributed by atoms with E-state index < -0.39 is 0 Å². The van der Waals surface area contributed by atoms with E-state index in [0.29, 0.717) is 19.5 Å². The van der Waals surface area contributed by atoms with E-state index in [2.05, 4.69) is 0 Å². The summed E-state index contributed by atoms with van der Waals surface area (Å²) in [5, 5.41) is 9.08. The van der Waals surface area contributed by atoms with E-state index in [1.165, 1.54) is 0 Å². The van der Waals surface area contributed by atoms with Crippen molar-refractivity contribution in [3.05, 3.63) is 42.0 Å². The predicted octanol–water partition coefficient (Wildman–Crippen LogP) is 1.68. The summed E-state index contributed by atoms with van der Waals surface area (Å²) in [6, 6.07) is 10.0. The molecule has 0 aliphatic carbocycles. The molecule has 0 unspecified atom stereocenters. The zero-order valence-corrected chi connectivity index (χ0v) is 9.75. The van der Waals surface area contributed by atoms with Crippen LogP contribution in [0.25, 0.3) is 6.08 Å². The number of likely N-dealkylation sites (tertiary alicyclic amines) is 1. The molecule has 3 heteroatoms. The highest BCUT2D eigenvalue weighted by Crippen LogP contribution is 2.10. The van der Waals surface area contributed by atoms with Crippen molar-refractivity contribution < 1.29 is 9.90 Å². The molecule has 3 nitrogen and oxygen atoms in total. The third kappa shape index (κ3) is 3.43. The van der Waals surface area contributed by atoms with Crippen LogP contribution in [-0.4, -0.2) is 35.1 Å². The lowest BCUT2D eigenvalue weighted by atomic mass is 10.1. The first-order valence-electron chi connectivity index (χ1n) is 5.93. The maximum absolute atomic E-state index is 11.6. The van der Waals surface area contributed by atoms with Gasteiger partial charge < -0.3 is 10.0 Å². The first-order chi connectivity index (χ1) is 8.25. The van der Waals surface area contributed by atoms with Crippen LogP contribution in [0.15, 0.2) is 36.4 Å². The lowest BCUT2D eigenvalue weighted by Gasteiger charge is -2.35. The van der Waals surface area contributed by atoms with Crippen LogP contribution >= 0.6 is 0 Å². The summed E-state index contributed by atoms with van der Waals surface area (Å²) in [5.74, 6) is 0.132. The Bertz CT molecular complexity index is 394. The minimum absolute atomic E-state index is 0.132. The van der Waals surface area contributed by atoms with Gasteiger partial charge in [0.2, 0.25) is 5.91 Å². The Hall–Kier alpha value is -1.61. The molecule has 0 saturated carbocycles. The van der Waals surface area contributed by atoms with Crippen molar-refractivity contribution in [1.29, 1.82) is 0 Å². The number of aliphatic hydroxyl groups is 1. The number of carbonyl (C=O) groups is 1. The Kier molecular flexibility index (Phi) is 3.94. The fraction of sp³-hybridized carbons (Fsp3) is 0.357. The predicted molar refractivity (Wildman–Crippen MR) is 67.3 cm³/mol. The molecule has 0 bridgehead atoms. The minimum atomic E-state index is -0.307. The van der Waals surface area contributed by atoms with Crippen molar-refractivity contribution in [1.82, 2.24) is 4.90 Å². The van der Waals surface area contributed by atoms with Crippen molar-refractivity contribution in [2.45, 2.75) is 18.9 Å². The van der Waals surface area contributed by atoms with Gasteiger partial charge in [0, 0.05) is 19.5 Å². The molecule has 1 N–H and O–H groups in total. The molecular weight excluding hydrogens is 214 g/mol. The molecule has 1 aliphatic rings. The molecule has 90 valence electrons. The van der Waals surface area contributed by atoms with Gasteiger partial charge in [-0.25, -0.2) is 0 Å². The Balaban J connectivity index is 1.69. The van der Waals surface area contributed by atoms with E-state index in [9.17, 15) is 4.79 Å². The smallest absolute Gasteiger partial charge is 0.223 e. The van der Waals surface area contributed by atoms with Crippen LogP contribution in [0.5, 0.6) is 0 Å². The number of allylic oxidation sites excluding steroid dienone is 1. The summed E-state index contributed by atoms with van der Waals surface area (Å²) >= 11 is 0. The van der Waals surface area contributed by atoms with E-state index in [1.54, 1.807) is 4.90 Å². The molecule has 1 saturated heterocycles. The molecule has 1 aromatic carbocycles. The second kappa shape index (κ2) is 5.64. The summed E-state index contributed by atoms with van der Waals surface area (Å²) in [6.45, 7) is 1.00. The fourth-order valence-corrected chi connectivity index (χ4v) is 1.81. The second-order valence-electron chi connectivity index (χ2n) is 4.30. The van der Waals surface area contributed by atoms with Gasteiger partial charge in [0.1, 0.15) is 0 Å². The number of aliphatic hydroxyl groups excluding tert-OH is 1. The van der Waals surface area contributed by atoms with Crippen LogP contribution < -0.4 is 0 Å². The van der Waals surface area contributed by atoms with Crippen molar-refractivity contribution in [2.75, 3.05) is 13.1 Å². The highest BCUT2D eigenvalue weighted by Gasteiger charge is 2.27. The van der Waals surface area contributed by atoms with Crippen molar-refractivity contribution >= 4 is 12.0 Å². The second-order valence-corrected chi connectivity index (χ2v) is 4.30. The van der Waals surface area contributed by atoms with Crippen LogP contribution in [0.2, 0.25) is 0 Å². The molecule has 0 atom stereocenters. The zero-order valence-electron chi connectivity index (χ0n) is 9.75. The quantitative estimate of drug-likeness (QED) is 0.856. The molecule has 0 aromatic heterocycles. The average molecular weight is 231 g/mol. The van der Waals surface area contributed by atoms with E-state index in [-0.39, 0.29) is 12.0 Å². The minimum Gasteiger partial charge on any atom is -0.389 e. The van der Waals surface area contributed by atoms with Crippen LogP contribution in [0, 0.1) is 0 Å². The van der Waals surface area contributed by atoms with Gasteiger partial charge in [-0.1, -0.05) is 42.5 Å². The molecule has 1 amide bonds. The highest BCUT2D eigenvalue weighted by molar-refractivity contribution is 5.77. The Morgan fingerprint density at radius 2 is 2.06 bits per heavy atom. The monoisotopic (exact) mass is 231 g/mol. The van der Waals surface area contributed by atoms with Crippen LogP contribution in [-0.2, 0) is 4.79 Å². The van der Waals surface area contributed by atoms with Gasteiger partial charge in [-0.2, -0.15) is 0 Å². The molecular formula is C14H17NO2. The van der Waals surface area contributed by atoms with Gasteiger partial charge in [0.05, 0.1) is 6.10 Å². The largest absolute Gasteiger partial charge is 0.389 e. The van der Waals surface area contributed by atoms with E-state index in [0.717, 1.165) is 12.0 Å². The lowest BCUT2D eigenvalue weighted by molar-refractivity contribution is -0.141. The van der Waals surface area contributed by atoms with E-state index in [1.807, 2.05) is 42.5 Å². The van der Waals surface area contributed by atoms with Crippen LogP contribution in [0.1, 0.15) is 18.4 Å². The lowest BCUT2D eigenvalue weighted by Crippen LogP contribution is -2.53. The third-order valence-corrected chi connectivity index (χ3v) is 2.85. The van der Waals surface area contributed by atoms with Crippen LogP contribution in [0.4, 0.5) is 0 Å². The van der Waals surface area contributed by atoms with Crippen molar-refractivity contribution in [3.8, 4) is 0 Å². The standard InChI is InChI=1S/C14H17NO2/c16-13-10-15(11-13)14(17)9-5-4-8-12-6-2-1-3-7-12/h1-4,6-8,13,16H,5,9-11H2/b8-4+. The first-order valence-corrected chi connectivity index (χ1v) is 5.93. The Morgan fingerprint density at radius 1 is 1.35 bits per heavy atom. The number of β-amino-alcohol motifs (C(OH)–C–C–N with tert-alkyl or cyclic N) is 1. The normalized spacial score (nSPS) is 16.2. The van der Waals surface area contributed by atoms with Gasteiger partial charge >= 0.3 is 0 Å². The summed E-state index contributed by atoms with van der Waals surface area (Å²) in [4.78, 5) is 13.3. The number of nitrogens with zero attached hydrogens (tertiary/aromatic N) is 1. The molecule has 0 spiro atoms. The van der Waals surface area contributed by atoms with Gasteiger partial charge in [-0.3, -0.25) is 4.79 Å². The number of amides is 1. The topological polar surface area (TPSA) is 40.5 Å². The molecule has 1 heterocycles. The first kappa shape index (κ1) is 11.9. The Morgan fingerprint density at radius 3 is 2.71 bits per heavy atom. The number of hydrogen-bond acceptors (Lipinski definition) is 2. The van der Waals surface area contributed by atoms with E-state index in [4.69, 9.17) is 5.11 Å². The molecule has 1 aromatic rings. The van der Waals surface area contributed by atoms with Crippen molar-refractivity contribution in [2.24, 2.45) is 0 Å². The Labute approximate surface area is 101 Å². The SMILES string of the molecule is O=C(CC/C=C/c1ccccc1)N1CC(O)C1.